The summed E-state index contributed by atoms with van der Waals surface area (Å²) in [6.07, 6.45) is 9.05. The third-order valence-electron chi connectivity index (χ3n) is 4.89. The van der Waals surface area contributed by atoms with Gasteiger partial charge in [0.05, 0.1) is 6.04 Å². The molecule has 0 radical (unpaired) electrons. The molecule has 1 unspecified atom stereocenters. The van der Waals surface area contributed by atoms with Gasteiger partial charge >= 0.3 is 0 Å². The minimum Gasteiger partial charge on any atom is -0.360 e. The topological polar surface area (TPSA) is 80.9 Å². The van der Waals surface area contributed by atoms with E-state index in [0.717, 1.165) is 55.5 Å². The number of amides is 1. The second kappa shape index (κ2) is 6.34. The molecule has 0 saturated heterocycles. The summed E-state index contributed by atoms with van der Waals surface area (Å²) in [4.78, 5) is 21.7. The Hall–Kier alpha value is -2.24. The molecule has 0 spiro atoms. The largest absolute Gasteiger partial charge is 0.360 e. The molecular weight excluding hydrogens is 304 g/mol. The highest BCUT2D eigenvalue weighted by atomic mass is 16.5. The fourth-order valence-corrected chi connectivity index (χ4v) is 3.39. The molecule has 0 aliphatic heterocycles. The molecule has 4 rings (SSSR count). The minimum atomic E-state index is -0.163. The number of aromatic nitrogens is 3. The first kappa shape index (κ1) is 15.3. The van der Waals surface area contributed by atoms with E-state index in [0.29, 0.717) is 17.4 Å². The number of rotatable bonds is 4. The molecule has 1 saturated carbocycles. The zero-order valence-electron chi connectivity index (χ0n) is 13.9. The summed E-state index contributed by atoms with van der Waals surface area (Å²) in [5.74, 6) is 1.83. The van der Waals surface area contributed by atoms with Gasteiger partial charge in [-0.05, 0) is 51.0 Å². The van der Waals surface area contributed by atoms with Crippen LogP contribution in [0.25, 0.3) is 0 Å². The number of carbonyl (C=O) groups is 1. The first-order chi connectivity index (χ1) is 11.7. The summed E-state index contributed by atoms with van der Waals surface area (Å²) in [6, 6.07) is 1.72. The van der Waals surface area contributed by atoms with Gasteiger partial charge in [0.2, 0.25) is 0 Å². The molecule has 24 heavy (non-hydrogen) atoms. The van der Waals surface area contributed by atoms with E-state index >= 15 is 0 Å². The Labute approximate surface area is 141 Å². The summed E-state index contributed by atoms with van der Waals surface area (Å²) in [7, 11) is 0. The van der Waals surface area contributed by atoms with E-state index in [1.165, 1.54) is 6.42 Å². The van der Waals surface area contributed by atoms with Crippen molar-refractivity contribution in [3.8, 4) is 0 Å². The third-order valence-corrected chi connectivity index (χ3v) is 4.89. The summed E-state index contributed by atoms with van der Waals surface area (Å²) in [6.45, 7) is 1.94. The van der Waals surface area contributed by atoms with E-state index in [4.69, 9.17) is 4.52 Å². The Kier molecular flexibility index (Phi) is 4.04. The average molecular weight is 326 g/mol. The minimum absolute atomic E-state index is 0.143. The van der Waals surface area contributed by atoms with Crippen LogP contribution >= 0.6 is 0 Å². The summed E-state index contributed by atoms with van der Waals surface area (Å²) >= 11 is 0. The van der Waals surface area contributed by atoms with Gasteiger partial charge in [0, 0.05) is 23.9 Å². The van der Waals surface area contributed by atoms with Crippen LogP contribution in [0.3, 0.4) is 0 Å². The molecule has 1 N–H and O–H groups in total. The average Bonchev–Trinajstić information content (AvgIpc) is 3.37. The summed E-state index contributed by atoms with van der Waals surface area (Å²) in [5, 5.41) is 7.16. The van der Waals surface area contributed by atoms with Crippen LogP contribution in [0.5, 0.6) is 0 Å². The SMILES string of the molecule is Cc1ccnc(C(NC(=O)c2noc3c2CCCCC3)C2CC2)n1. The number of carbonyl (C=O) groups excluding carboxylic acids is 1. The first-order valence-corrected chi connectivity index (χ1v) is 8.80. The van der Waals surface area contributed by atoms with Crippen LogP contribution in [-0.2, 0) is 12.8 Å². The standard InChI is InChI=1S/C18H22N4O2/c1-11-9-10-19-17(20-11)15(12-7-8-12)21-18(23)16-13-5-3-2-4-6-14(13)24-22-16/h9-10,12,15H,2-8H2,1H3,(H,21,23). The second-order valence-corrected chi connectivity index (χ2v) is 6.84. The highest BCUT2D eigenvalue weighted by Gasteiger charge is 2.36. The van der Waals surface area contributed by atoms with Crippen LogP contribution in [0.4, 0.5) is 0 Å². The maximum atomic E-state index is 12.8. The lowest BCUT2D eigenvalue weighted by molar-refractivity contribution is 0.0919. The molecule has 1 fully saturated rings. The van der Waals surface area contributed by atoms with Gasteiger partial charge in [0.25, 0.3) is 5.91 Å². The zero-order valence-corrected chi connectivity index (χ0v) is 13.9. The van der Waals surface area contributed by atoms with Crippen molar-refractivity contribution in [2.75, 3.05) is 0 Å². The zero-order chi connectivity index (χ0) is 16.5. The van der Waals surface area contributed by atoms with Crippen LogP contribution in [-0.4, -0.2) is 21.0 Å². The Balaban J connectivity index is 1.57. The smallest absolute Gasteiger partial charge is 0.274 e. The van der Waals surface area contributed by atoms with Crippen molar-refractivity contribution in [1.82, 2.24) is 20.4 Å². The molecule has 6 nitrogen and oxygen atoms in total. The van der Waals surface area contributed by atoms with E-state index in [2.05, 4.69) is 20.4 Å². The normalized spacial score (nSPS) is 18.5. The van der Waals surface area contributed by atoms with Crippen LogP contribution in [0.2, 0.25) is 0 Å². The van der Waals surface area contributed by atoms with Gasteiger partial charge in [0.15, 0.2) is 11.5 Å². The molecule has 1 atom stereocenters. The van der Waals surface area contributed by atoms with Crippen molar-refractivity contribution in [3.05, 3.63) is 40.8 Å². The van der Waals surface area contributed by atoms with E-state index in [1.807, 2.05) is 13.0 Å². The molecule has 2 aromatic rings. The van der Waals surface area contributed by atoms with Crippen LogP contribution in [0, 0.1) is 12.8 Å². The molecule has 2 aliphatic rings. The van der Waals surface area contributed by atoms with Crippen LogP contribution < -0.4 is 5.32 Å². The molecule has 0 bridgehead atoms. The van der Waals surface area contributed by atoms with E-state index in [9.17, 15) is 4.79 Å². The lowest BCUT2D eigenvalue weighted by Crippen LogP contribution is -2.32. The Morgan fingerprint density at radius 2 is 2.12 bits per heavy atom. The summed E-state index contributed by atoms with van der Waals surface area (Å²) < 4.78 is 5.43. The monoisotopic (exact) mass is 326 g/mol. The van der Waals surface area contributed by atoms with E-state index in [1.54, 1.807) is 6.20 Å². The fraction of sp³-hybridized carbons (Fsp3) is 0.556. The molecule has 0 aromatic carbocycles. The van der Waals surface area contributed by atoms with Gasteiger partial charge in [0.1, 0.15) is 5.76 Å². The molecule has 2 aliphatic carbocycles. The predicted molar refractivity (Wildman–Crippen MR) is 87.5 cm³/mol. The van der Waals surface area contributed by atoms with Gasteiger partial charge < -0.3 is 9.84 Å². The maximum Gasteiger partial charge on any atom is 0.274 e. The van der Waals surface area contributed by atoms with Gasteiger partial charge in [-0.25, -0.2) is 9.97 Å². The summed E-state index contributed by atoms with van der Waals surface area (Å²) in [5.41, 5.74) is 2.35. The van der Waals surface area contributed by atoms with Gasteiger partial charge in [-0.15, -0.1) is 0 Å². The molecular formula is C18H22N4O2. The Morgan fingerprint density at radius 3 is 2.92 bits per heavy atom. The number of nitrogens with zero attached hydrogens (tertiary/aromatic N) is 3. The van der Waals surface area contributed by atoms with E-state index in [-0.39, 0.29) is 11.9 Å². The van der Waals surface area contributed by atoms with Crippen LogP contribution in [0.1, 0.15) is 71.5 Å². The van der Waals surface area contributed by atoms with Crippen molar-refractivity contribution in [1.29, 1.82) is 0 Å². The van der Waals surface area contributed by atoms with Gasteiger partial charge in [-0.3, -0.25) is 4.79 Å². The number of aryl methyl sites for hydroxylation is 2. The van der Waals surface area contributed by atoms with Crippen LogP contribution in [0.15, 0.2) is 16.8 Å². The second-order valence-electron chi connectivity index (χ2n) is 6.84. The van der Waals surface area contributed by atoms with Crippen molar-refractivity contribution >= 4 is 5.91 Å². The molecule has 6 heteroatoms. The fourth-order valence-electron chi connectivity index (χ4n) is 3.39. The van der Waals surface area contributed by atoms with Crippen molar-refractivity contribution in [2.45, 2.75) is 57.9 Å². The number of hydrogen-bond acceptors (Lipinski definition) is 5. The number of fused-ring (bicyclic) bond motifs is 1. The molecule has 2 heterocycles. The van der Waals surface area contributed by atoms with Crippen molar-refractivity contribution < 1.29 is 9.32 Å². The number of hydrogen-bond donors (Lipinski definition) is 1. The Morgan fingerprint density at radius 1 is 1.29 bits per heavy atom. The highest BCUT2D eigenvalue weighted by molar-refractivity contribution is 5.94. The van der Waals surface area contributed by atoms with Gasteiger partial charge in [-0.2, -0.15) is 0 Å². The van der Waals surface area contributed by atoms with Gasteiger partial charge in [-0.1, -0.05) is 11.6 Å². The third kappa shape index (κ3) is 3.05. The van der Waals surface area contributed by atoms with Crippen molar-refractivity contribution in [2.24, 2.45) is 5.92 Å². The quantitative estimate of drug-likeness (QED) is 0.874. The molecule has 126 valence electrons. The molecule has 1 amide bonds. The Bertz CT molecular complexity index is 751. The number of nitrogens with one attached hydrogen (secondary N) is 1. The lowest BCUT2D eigenvalue weighted by Gasteiger charge is -2.16. The molecule has 2 aromatic heterocycles. The van der Waals surface area contributed by atoms with Crippen molar-refractivity contribution in [3.63, 3.8) is 0 Å². The maximum absolute atomic E-state index is 12.8. The first-order valence-electron chi connectivity index (χ1n) is 8.80. The van der Waals surface area contributed by atoms with E-state index < -0.39 is 0 Å². The predicted octanol–water partition coefficient (Wildman–Crippen LogP) is 2.92. The lowest BCUT2D eigenvalue weighted by atomic mass is 10.1. The highest BCUT2D eigenvalue weighted by Crippen LogP contribution is 2.40.